The molecule has 0 bridgehead atoms. The molecule has 1 aliphatic rings. The van der Waals surface area contributed by atoms with E-state index in [0.717, 1.165) is 23.5 Å². The fourth-order valence-corrected chi connectivity index (χ4v) is 2.57. The van der Waals surface area contributed by atoms with Gasteiger partial charge in [-0.25, -0.2) is 4.98 Å². The van der Waals surface area contributed by atoms with Gasteiger partial charge in [-0.15, -0.1) is 11.3 Å². The Labute approximate surface area is 76.8 Å². The Bertz CT molecular complexity index is 274. The van der Waals surface area contributed by atoms with E-state index >= 15 is 0 Å². The van der Waals surface area contributed by atoms with Crippen LogP contribution < -0.4 is 5.73 Å². The van der Waals surface area contributed by atoms with Crippen molar-refractivity contribution in [2.45, 2.75) is 38.1 Å². The second kappa shape index (κ2) is 2.82. The van der Waals surface area contributed by atoms with Crippen LogP contribution in [-0.2, 0) is 5.54 Å². The molecule has 0 saturated heterocycles. The third-order valence-electron chi connectivity index (χ3n) is 2.62. The van der Waals surface area contributed by atoms with Crippen LogP contribution in [0.15, 0.2) is 5.38 Å². The van der Waals surface area contributed by atoms with Gasteiger partial charge in [0.1, 0.15) is 0 Å². The Morgan fingerprint density at radius 3 is 2.67 bits per heavy atom. The Kier molecular flexibility index (Phi) is 1.93. The maximum atomic E-state index is 6.24. The van der Waals surface area contributed by atoms with Gasteiger partial charge in [-0.1, -0.05) is 12.8 Å². The normalized spacial score (nSPS) is 21.5. The molecule has 1 aliphatic carbocycles. The zero-order valence-electron chi connectivity index (χ0n) is 7.34. The molecule has 1 aromatic rings. The van der Waals surface area contributed by atoms with E-state index < -0.39 is 0 Å². The zero-order valence-corrected chi connectivity index (χ0v) is 8.16. The van der Waals surface area contributed by atoms with E-state index in [1.54, 1.807) is 11.3 Å². The number of aromatic nitrogens is 1. The number of thiazole rings is 1. The summed E-state index contributed by atoms with van der Waals surface area (Å²) in [6, 6.07) is 0. The lowest BCUT2D eigenvalue weighted by Gasteiger charge is -2.20. The first-order chi connectivity index (χ1) is 5.71. The molecule has 2 nitrogen and oxygen atoms in total. The zero-order chi connectivity index (χ0) is 8.60. The van der Waals surface area contributed by atoms with Crippen LogP contribution in [0.2, 0.25) is 0 Å². The molecule has 1 fully saturated rings. The second-order valence-electron chi connectivity index (χ2n) is 3.62. The Hall–Kier alpha value is -0.410. The van der Waals surface area contributed by atoms with Crippen LogP contribution in [0.3, 0.4) is 0 Å². The topological polar surface area (TPSA) is 38.9 Å². The third kappa shape index (κ3) is 1.27. The molecule has 12 heavy (non-hydrogen) atoms. The monoisotopic (exact) mass is 182 g/mol. The van der Waals surface area contributed by atoms with E-state index in [-0.39, 0.29) is 5.54 Å². The lowest BCUT2D eigenvalue weighted by Crippen LogP contribution is -2.33. The maximum absolute atomic E-state index is 6.24. The van der Waals surface area contributed by atoms with Crippen LogP contribution in [0.1, 0.15) is 36.4 Å². The molecule has 2 N–H and O–H groups in total. The summed E-state index contributed by atoms with van der Waals surface area (Å²) in [6.07, 6.45) is 4.73. The predicted octanol–water partition coefficient (Wildman–Crippen LogP) is 2.18. The quantitative estimate of drug-likeness (QED) is 0.723. The summed E-state index contributed by atoms with van der Waals surface area (Å²) in [5, 5.41) is 3.24. The highest BCUT2D eigenvalue weighted by molar-refractivity contribution is 7.09. The minimum absolute atomic E-state index is 0.0925. The lowest BCUT2D eigenvalue weighted by atomic mass is 9.96. The highest BCUT2D eigenvalue weighted by Gasteiger charge is 2.32. The van der Waals surface area contributed by atoms with Gasteiger partial charge in [-0.2, -0.15) is 0 Å². The Morgan fingerprint density at radius 1 is 1.50 bits per heavy atom. The summed E-state index contributed by atoms with van der Waals surface area (Å²) in [7, 11) is 0. The number of hydrogen-bond donors (Lipinski definition) is 1. The van der Waals surface area contributed by atoms with Gasteiger partial charge >= 0.3 is 0 Å². The summed E-state index contributed by atoms with van der Waals surface area (Å²) < 4.78 is 0. The summed E-state index contributed by atoms with van der Waals surface area (Å²) in [5.41, 5.74) is 7.26. The second-order valence-corrected chi connectivity index (χ2v) is 4.68. The first-order valence-electron chi connectivity index (χ1n) is 4.42. The van der Waals surface area contributed by atoms with Crippen molar-refractivity contribution in [1.29, 1.82) is 0 Å². The molecule has 66 valence electrons. The molecule has 0 aromatic carbocycles. The van der Waals surface area contributed by atoms with Gasteiger partial charge in [0.25, 0.3) is 0 Å². The maximum Gasteiger partial charge on any atom is 0.0898 e. The van der Waals surface area contributed by atoms with Gasteiger partial charge in [0.15, 0.2) is 0 Å². The van der Waals surface area contributed by atoms with Crippen LogP contribution in [0.4, 0.5) is 0 Å². The standard InChI is InChI=1S/C9H14N2S/c1-7-11-8(6-12-7)9(10)4-2-3-5-9/h6H,2-5,10H2,1H3. The van der Waals surface area contributed by atoms with Crippen LogP contribution in [0.5, 0.6) is 0 Å². The number of hydrogen-bond acceptors (Lipinski definition) is 3. The predicted molar refractivity (Wildman–Crippen MR) is 51.2 cm³/mol. The van der Waals surface area contributed by atoms with E-state index in [1.165, 1.54) is 12.8 Å². The van der Waals surface area contributed by atoms with E-state index in [9.17, 15) is 0 Å². The van der Waals surface area contributed by atoms with Crippen molar-refractivity contribution < 1.29 is 0 Å². The molecular formula is C9H14N2S. The van der Waals surface area contributed by atoms with Gasteiger partial charge < -0.3 is 5.73 Å². The average molecular weight is 182 g/mol. The molecule has 3 heteroatoms. The molecule has 0 atom stereocenters. The van der Waals surface area contributed by atoms with Crippen LogP contribution in [-0.4, -0.2) is 4.98 Å². The minimum Gasteiger partial charge on any atom is -0.320 e. The van der Waals surface area contributed by atoms with Gasteiger partial charge in [-0.3, -0.25) is 0 Å². The molecule has 0 radical (unpaired) electrons. The van der Waals surface area contributed by atoms with E-state index in [1.807, 2.05) is 6.92 Å². The van der Waals surface area contributed by atoms with Gasteiger partial charge in [0.05, 0.1) is 16.2 Å². The molecule has 0 unspecified atom stereocenters. The summed E-state index contributed by atoms with van der Waals surface area (Å²) >= 11 is 1.70. The minimum atomic E-state index is -0.0925. The molecule has 0 aliphatic heterocycles. The highest BCUT2D eigenvalue weighted by atomic mass is 32.1. The van der Waals surface area contributed by atoms with Gasteiger partial charge in [0, 0.05) is 5.38 Å². The number of rotatable bonds is 1. The van der Waals surface area contributed by atoms with Crippen molar-refractivity contribution in [3.8, 4) is 0 Å². The Balaban J connectivity index is 2.28. The number of aryl methyl sites for hydroxylation is 1. The molecule has 1 heterocycles. The van der Waals surface area contributed by atoms with E-state index in [2.05, 4.69) is 10.4 Å². The molecule has 2 rings (SSSR count). The number of nitrogens with two attached hydrogens (primary N) is 1. The molecule has 1 saturated carbocycles. The van der Waals surface area contributed by atoms with Crippen LogP contribution in [0, 0.1) is 6.92 Å². The van der Waals surface area contributed by atoms with E-state index in [0.29, 0.717) is 0 Å². The Morgan fingerprint density at radius 2 is 2.17 bits per heavy atom. The first kappa shape index (κ1) is 8.20. The first-order valence-corrected chi connectivity index (χ1v) is 5.30. The molecule has 0 amide bonds. The van der Waals surface area contributed by atoms with Crippen molar-refractivity contribution in [1.82, 2.24) is 4.98 Å². The van der Waals surface area contributed by atoms with Crippen molar-refractivity contribution >= 4 is 11.3 Å². The summed E-state index contributed by atoms with van der Waals surface area (Å²) in [5.74, 6) is 0. The summed E-state index contributed by atoms with van der Waals surface area (Å²) in [4.78, 5) is 4.46. The van der Waals surface area contributed by atoms with Crippen LogP contribution in [0.25, 0.3) is 0 Å². The van der Waals surface area contributed by atoms with Crippen molar-refractivity contribution in [3.05, 3.63) is 16.1 Å². The van der Waals surface area contributed by atoms with Crippen molar-refractivity contribution in [2.75, 3.05) is 0 Å². The van der Waals surface area contributed by atoms with Crippen molar-refractivity contribution in [2.24, 2.45) is 5.73 Å². The lowest BCUT2D eigenvalue weighted by molar-refractivity contribution is 0.449. The molecule has 1 aromatic heterocycles. The van der Waals surface area contributed by atoms with Crippen molar-refractivity contribution in [3.63, 3.8) is 0 Å². The fraction of sp³-hybridized carbons (Fsp3) is 0.667. The molecular weight excluding hydrogens is 168 g/mol. The van der Waals surface area contributed by atoms with E-state index in [4.69, 9.17) is 5.73 Å². The summed E-state index contributed by atoms with van der Waals surface area (Å²) in [6.45, 7) is 2.03. The third-order valence-corrected chi connectivity index (χ3v) is 3.40. The van der Waals surface area contributed by atoms with Gasteiger partial charge in [0.2, 0.25) is 0 Å². The highest BCUT2D eigenvalue weighted by Crippen LogP contribution is 2.36. The largest absolute Gasteiger partial charge is 0.320 e. The fourth-order valence-electron chi connectivity index (χ4n) is 1.85. The molecule has 0 spiro atoms. The van der Waals surface area contributed by atoms with Crippen LogP contribution >= 0.6 is 11.3 Å². The number of nitrogens with zero attached hydrogens (tertiary/aromatic N) is 1. The smallest absolute Gasteiger partial charge is 0.0898 e. The average Bonchev–Trinajstić information content (AvgIpc) is 2.59. The SMILES string of the molecule is Cc1nc(C2(N)CCCC2)cs1. The van der Waals surface area contributed by atoms with Gasteiger partial charge in [-0.05, 0) is 19.8 Å².